The Morgan fingerprint density at radius 2 is 2.10 bits per heavy atom. The Labute approximate surface area is 173 Å². The SMILES string of the molecule is [B]C([B])([B])n1nc([C@@]23C[C@@H]2COC3=O)cc1Nc1ncc(C(F)(F)F)c(NCC)n1. The lowest BCUT2D eigenvalue weighted by atomic mass is 9.49. The Bertz CT molecular complexity index is 1010. The van der Waals surface area contributed by atoms with Crippen molar-refractivity contribution in [3.63, 3.8) is 0 Å². The zero-order chi connectivity index (χ0) is 21.9. The molecule has 14 heteroatoms. The van der Waals surface area contributed by atoms with Crippen molar-refractivity contribution >= 4 is 47.1 Å². The van der Waals surface area contributed by atoms with Gasteiger partial charge in [0.15, 0.2) is 0 Å². The number of rotatable bonds is 6. The lowest BCUT2D eigenvalue weighted by Crippen LogP contribution is -2.37. The van der Waals surface area contributed by atoms with E-state index in [9.17, 15) is 18.0 Å². The van der Waals surface area contributed by atoms with Crippen molar-refractivity contribution < 1.29 is 22.7 Å². The van der Waals surface area contributed by atoms with E-state index < -0.39 is 34.2 Å². The number of nitrogens with one attached hydrogen (secondary N) is 2. The minimum absolute atomic E-state index is 0.00778. The Morgan fingerprint density at radius 3 is 2.63 bits per heavy atom. The molecule has 2 aromatic heterocycles. The van der Waals surface area contributed by atoms with Crippen molar-refractivity contribution in [1.29, 1.82) is 0 Å². The van der Waals surface area contributed by atoms with Crippen molar-refractivity contribution in [2.45, 2.75) is 30.2 Å². The summed E-state index contributed by atoms with van der Waals surface area (Å²) >= 11 is 0. The molecule has 2 aliphatic rings. The molecule has 0 bridgehead atoms. The number of hydrogen-bond donors (Lipinski definition) is 2. The zero-order valence-electron chi connectivity index (χ0n) is 15.8. The smallest absolute Gasteiger partial charge is 0.421 e. The van der Waals surface area contributed by atoms with Gasteiger partial charge in [-0.3, -0.25) is 9.48 Å². The first-order valence-corrected chi connectivity index (χ1v) is 9.07. The Hall–Kier alpha value is -2.66. The molecule has 2 atom stereocenters. The number of carbonyl (C=O) groups is 1. The van der Waals surface area contributed by atoms with Crippen LogP contribution in [-0.4, -0.2) is 62.4 Å². The van der Waals surface area contributed by atoms with Crippen molar-refractivity contribution in [1.82, 2.24) is 19.7 Å². The summed E-state index contributed by atoms with van der Waals surface area (Å²) in [4.78, 5) is 19.8. The van der Waals surface area contributed by atoms with Gasteiger partial charge >= 0.3 is 12.1 Å². The van der Waals surface area contributed by atoms with E-state index in [2.05, 4.69) is 25.7 Å². The summed E-state index contributed by atoms with van der Waals surface area (Å²) in [5, 5.41) is 7.59. The highest BCUT2D eigenvalue weighted by Crippen LogP contribution is 2.59. The number of hydrogen-bond acceptors (Lipinski definition) is 7. The van der Waals surface area contributed by atoms with E-state index in [1.807, 2.05) is 0 Å². The van der Waals surface area contributed by atoms with E-state index in [4.69, 9.17) is 28.3 Å². The van der Waals surface area contributed by atoms with Crippen LogP contribution in [0.3, 0.4) is 0 Å². The van der Waals surface area contributed by atoms with Crippen molar-refractivity contribution in [3.05, 3.63) is 23.5 Å². The molecule has 30 heavy (non-hydrogen) atoms. The summed E-state index contributed by atoms with van der Waals surface area (Å²) < 4.78 is 45.6. The summed E-state index contributed by atoms with van der Waals surface area (Å²) in [5.41, 5.74) is -1.55. The van der Waals surface area contributed by atoms with E-state index in [1.165, 1.54) is 6.07 Å². The first-order chi connectivity index (χ1) is 14.0. The van der Waals surface area contributed by atoms with Gasteiger partial charge in [-0.05, 0) is 18.6 Å². The maximum absolute atomic E-state index is 13.2. The summed E-state index contributed by atoms with van der Waals surface area (Å²) in [6, 6.07) is 1.49. The molecule has 0 unspecified atom stereocenters. The number of alkyl halides is 3. The molecular formula is C16H14B3F3N6O2. The van der Waals surface area contributed by atoms with Crippen molar-refractivity contribution in [3.8, 4) is 0 Å². The third-order valence-corrected chi connectivity index (χ3v) is 5.10. The fourth-order valence-corrected chi connectivity index (χ4v) is 3.55. The maximum atomic E-state index is 13.2. The fourth-order valence-electron chi connectivity index (χ4n) is 3.55. The summed E-state index contributed by atoms with van der Waals surface area (Å²) in [6.45, 7) is 2.14. The molecule has 1 saturated heterocycles. The molecule has 2 aromatic rings. The molecule has 3 heterocycles. The Balaban J connectivity index is 1.71. The van der Waals surface area contributed by atoms with Gasteiger partial charge in [0.2, 0.25) is 5.95 Å². The molecule has 0 aromatic carbocycles. The largest absolute Gasteiger partial charge is 0.465 e. The lowest BCUT2D eigenvalue weighted by Gasteiger charge is -2.24. The van der Waals surface area contributed by atoms with Crippen LogP contribution in [0, 0.1) is 5.92 Å². The summed E-state index contributed by atoms with van der Waals surface area (Å²) in [6.07, 6.45) is -3.41. The van der Waals surface area contributed by atoms with Gasteiger partial charge in [-0.25, -0.2) is 4.98 Å². The predicted molar refractivity (Wildman–Crippen MR) is 103 cm³/mol. The quantitative estimate of drug-likeness (QED) is 0.535. The number of halogens is 3. The van der Waals surface area contributed by atoms with Crippen molar-refractivity contribution in [2.24, 2.45) is 5.92 Å². The number of ether oxygens (including phenoxy) is 1. The predicted octanol–water partition coefficient (Wildman–Crippen LogP) is 0.755. The Morgan fingerprint density at radius 1 is 1.37 bits per heavy atom. The van der Waals surface area contributed by atoms with Gasteiger partial charge in [0, 0.05) is 24.7 Å². The summed E-state index contributed by atoms with van der Waals surface area (Å²) in [7, 11) is 17.3. The minimum atomic E-state index is -4.63. The Kier molecular flexibility index (Phi) is 4.59. The third kappa shape index (κ3) is 3.31. The van der Waals surface area contributed by atoms with Crippen LogP contribution in [0.1, 0.15) is 24.6 Å². The van der Waals surface area contributed by atoms with Crippen LogP contribution < -0.4 is 10.6 Å². The third-order valence-electron chi connectivity index (χ3n) is 5.10. The van der Waals surface area contributed by atoms with Crippen LogP contribution in [0.25, 0.3) is 0 Å². The van der Waals surface area contributed by atoms with Crippen molar-refractivity contribution in [2.75, 3.05) is 23.8 Å². The lowest BCUT2D eigenvalue weighted by molar-refractivity contribution is -0.142. The standard InChI is InChI=1S/C16H14B3F3N6O2/c1-2-23-11-8(15(20,21)22)5-24-13(26-11)25-10-3-9(27-28(10)16(17,18)19)14-4-7(14)6-30-12(14)29/h3,5,7H,2,4,6H2,1H3,(H2,23,24,25,26)/t7-,14-/m1/s1. The molecule has 6 radical (unpaired) electrons. The van der Waals surface area contributed by atoms with Crippen LogP contribution >= 0.6 is 0 Å². The van der Waals surface area contributed by atoms with Gasteiger partial charge in [0.05, 0.1) is 35.8 Å². The number of esters is 1. The first-order valence-electron chi connectivity index (χ1n) is 9.07. The van der Waals surface area contributed by atoms with Crippen LogP contribution in [-0.2, 0) is 26.4 Å². The van der Waals surface area contributed by atoms with Gasteiger partial charge < -0.3 is 15.4 Å². The molecule has 8 nitrogen and oxygen atoms in total. The second-order valence-electron chi connectivity index (χ2n) is 7.29. The normalized spacial score (nSPS) is 23.1. The number of cyclic esters (lactones) is 1. The number of aromatic nitrogens is 4. The van der Waals surface area contributed by atoms with E-state index in [0.29, 0.717) is 24.9 Å². The average Bonchev–Trinajstić information content (AvgIpc) is 3.06. The fraction of sp³-hybridized carbons (Fsp3) is 0.500. The van der Waals surface area contributed by atoms with E-state index in [0.717, 1.165) is 4.68 Å². The van der Waals surface area contributed by atoms with E-state index >= 15 is 0 Å². The zero-order valence-corrected chi connectivity index (χ0v) is 15.8. The highest BCUT2D eigenvalue weighted by Gasteiger charge is 2.68. The summed E-state index contributed by atoms with van der Waals surface area (Å²) in [5.74, 6) is -0.866. The second-order valence-corrected chi connectivity index (χ2v) is 7.29. The molecule has 2 N–H and O–H groups in total. The van der Waals surface area contributed by atoms with Crippen LogP contribution in [0.5, 0.6) is 0 Å². The molecule has 0 amide bonds. The van der Waals surface area contributed by atoms with E-state index in [-0.39, 0.29) is 24.2 Å². The molecule has 0 spiro atoms. The van der Waals surface area contributed by atoms with Gasteiger partial charge in [-0.1, -0.05) is 0 Å². The molecule has 1 aliphatic carbocycles. The highest BCUT2D eigenvalue weighted by atomic mass is 19.4. The molecule has 1 aliphatic heterocycles. The van der Waals surface area contributed by atoms with Gasteiger partial charge in [-0.15, -0.1) is 0 Å². The van der Waals surface area contributed by atoms with Crippen LogP contribution in [0.2, 0.25) is 0 Å². The topological polar surface area (TPSA) is 94.0 Å². The number of nitrogens with zero attached hydrogens (tertiary/aromatic N) is 4. The number of anilines is 3. The molecule has 4 rings (SSSR count). The first kappa shape index (κ1) is 20.6. The van der Waals surface area contributed by atoms with Gasteiger partial charge in [0.25, 0.3) is 0 Å². The number of fused-ring (bicyclic) bond motifs is 1. The van der Waals surface area contributed by atoms with Gasteiger partial charge in [0.1, 0.15) is 22.6 Å². The average molecular weight is 412 g/mol. The monoisotopic (exact) mass is 412 g/mol. The molecule has 150 valence electrons. The maximum Gasteiger partial charge on any atom is 0.421 e. The van der Waals surface area contributed by atoms with Gasteiger partial charge in [-0.2, -0.15) is 23.3 Å². The second kappa shape index (κ2) is 6.68. The molecular weight excluding hydrogens is 398 g/mol. The highest BCUT2D eigenvalue weighted by molar-refractivity contribution is 6.56. The molecule has 2 fully saturated rings. The van der Waals surface area contributed by atoms with Crippen LogP contribution in [0.4, 0.5) is 30.8 Å². The van der Waals surface area contributed by atoms with Crippen LogP contribution in [0.15, 0.2) is 12.3 Å². The number of carbonyl (C=O) groups excluding carboxylic acids is 1. The van der Waals surface area contributed by atoms with E-state index in [1.54, 1.807) is 6.92 Å². The minimum Gasteiger partial charge on any atom is -0.465 e. The molecule has 1 saturated carbocycles.